The zero-order chi connectivity index (χ0) is 42.6. The number of ether oxygens (including phenoxy) is 4. The fourth-order valence-corrected chi connectivity index (χ4v) is 7.86. The van der Waals surface area contributed by atoms with Crippen LogP contribution in [0.25, 0.3) is 0 Å². The Morgan fingerprint density at radius 3 is 1.47 bits per heavy atom. The Labute approximate surface area is 345 Å². The molecule has 0 amide bonds. The second-order valence-electron chi connectivity index (χ2n) is 15.5. The molecule has 0 radical (unpaired) electrons. The zero-order valence-electron chi connectivity index (χ0n) is 34.0. The Balaban J connectivity index is 0.000000181. The summed E-state index contributed by atoms with van der Waals surface area (Å²) in [6.07, 6.45) is -2.28. The number of nitrogens with one attached hydrogen (secondary N) is 2. The number of hydrogen-bond donors (Lipinski definition) is 2. The third-order valence-electron chi connectivity index (χ3n) is 11.0. The van der Waals surface area contributed by atoms with E-state index in [1.165, 1.54) is 13.8 Å². The van der Waals surface area contributed by atoms with E-state index in [1.54, 1.807) is 12.1 Å². The molecule has 2 unspecified atom stereocenters. The smallest absolute Gasteiger partial charge is 0.433 e. The van der Waals surface area contributed by atoms with Crippen molar-refractivity contribution in [3.63, 3.8) is 0 Å². The predicted octanol–water partition coefficient (Wildman–Crippen LogP) is 8.43. The summed E-state index contributed by atoms with van der Waals surface area (Å²) in [6, 6.07) is 9.25. The lowest BCUT2D eigenvalue weighted by atomic mass is 10.0. The Kier molecular flexibility index (Phi) is 13.1. The molecule has 0 aromatic carbocycles. The van der Waals surface area contributed by atoms with Gasteiger partial charge in [-0.1, -0.05) is 0 Å². The maximum atomic E-state index is 13.1. The molecular formula is C42H50F6N8O4. The molecule has 4 aliphatic heterocycles. The lowest BCUT2D eigenvalue weighted by Crippen LogP contribution is -2.42. The van der Waals surface area contributed by atoms with Crippen molar-refractivity contribution in [2.24, 2.45) is 0 Å². The lowest BCUT2D eigenvalue weighted by molar-refractivity contribution is -0.142. The van der Waals surface area contributed by atoms with E-state index in [1.807, 2.05) is 24.5 Å². The number of hydrogen-bond acceptors (Lipinski definition) is 12. The van der Waals surface area contributed by atoms with E-state index in [-0.39, 0.29) is 47.2 Å². The second kappa shape index (κ2) is 18.3. The standard InChI is InChI=1S/2C21H25F3N4O2/c2*1-13-8-17(10-19(27-13)21(22,23)24)30-16-4-3-6-28(12-16)14(2)15-9-18-20(26-11-15)25-5-7-29-18/h2*8-11,14,16H,3-7,12H2,1-2H3,(H,25,26)/t14-,16+;/m0./s1. The third-order valence-corrected chi connectivity index (χ3v) is 11.0. The Morgan fingerprint density at radius 1 is 0.650 bits per heavy atom. The summed E-state index contributed by atoms with van der Waals surface area (Å²) in [4.78, 5) is 20.6. The topological polar surface area (TPSA) is 119 Å². The van der Waals surface area contributed by atoms with Gasteiger partial charge in [0.2, 0.25) is 0 Å². The molecule has 18 heteroatoms. The van der Waals surface area contributed by atoms with Crippen molar-refractivity contribution in [2.75, 3.05) is 63.1 Å². The molecule has 2 N–H and O–H groups in total. The van der Waals surface area contributed by atoms with Gasteiger partial charge in [-0.3, -0.25) is 9.80 Å². The van der Waals surface area contributed by atoms with Gasteiger partial charge in [0, 0.05) is 73.2 Å². The molecule has 0 spiro atoms. The molecule has 4 atom stereocenters. The number of aromatic nitrogens is 4. The highest BCUT2D eigenvalue weighted by Gasteiger charge is 2.35. The highest BCUT2D eigenvalue weighted by molar-refractivity contribution is 5.53. The van der Waals surface area contributed by atoms with E-state index in [0.717, 1.165) is 98.3 Å². The van der Waals surface area contributed by atoms with E-state index >= 15 is 0 Å². The molecule has 8 heterocycles. The van der Waals surface area contributed by atoms with Crippen molar-refractivity contribution in [1.82, 2.24) is 29.7 Å². The van der Waals surface area contributed by atoms with Crippen molar-refractivity contribution in [2.45, 2.75) is 90.0 Å². The molecule has 2 fully saturated rings. The maximum Gasteiger partial charge on any atom is 0.433 e. The first-order valence-corrected chi connectivity index (χ1v) is 20.3. The van der Waals surface area contributed by atoms with Gasteiger partial charge in [0.25, 0.3) is 0 Å². The number of nitrogens with zero attached hydrogens (tertiary/aromatic N) is 6. The molecule has 60 heavy (non-hydrogen) atoms. The van der Waals surface area contributed by atoms with Gasteiger partial charge in [0.15, 0.2) is 23.1 Å². The number of fused-ring (bicyclic) bond motifs is 2. The Bertz CT molecular complexity index is 1960. The summed E-state index contributed by atoms with van der Waals surface area (Å²) in [5, 5.41) is 6.41. The number of alkyl halides is 6. The number of rotatable bonds is 8. The van der Waals surface area contributed by atoms with Gasteiger partial charge in [0.05, 0.1) is 13.1 Å². The van der Waals surface area contributed by atoms with Crippen molar-refractivity contribution in [3.8, 4) is 23.0 Å². The molecule has 324 valence electrons. The summed E-state index contributed by atoms with van der Waals surface area (Å²) < 4.78 is 102. The highest BCUT2D eigenvalue weighted by Crippen LogP contribution is 2.36. The maximum absolute atomic E-state index is 13.1. The zero-order valence-corrected chi connectivity index (χ0v) is 34.0. The molecule has 4 aliphatic rings. The number of anilines is 2. The van der Waals surface area contributed by atoms with Gasteiger partial charge >= 0.3 is 12.4 Å². The summed E-state index contributed by atoms with van der Waals surface area (Å²) in [5.41, 5.74) is 0.804. The van der Waals surface area contributed by atoms with E-state index in [0.29, 0.717) is 26.3 Å². The minimum atomic E-state index is -4.49. The van der Waals surface area contributed by atoms with E-state index in [2.05, 4.69) is 54.2 Å². The first-order valence-electron chi connectivity index (χ1n) is 20.3. The van der Waals surface area contributed by atoms with Crippen molar-refractivity contribution in [1.29, 1.82) is 0 Å². The van der Waals surface area contributed by atoms with E-state index < -0.39 is 23.7 Å². The minimum absolute atomic E-state index is 0.0876. The van der Waals surface area contributed by atoms with Gasteiger partial charge < -0.3 is 29.6 Å². The molecule has 0 saturated carbocycles. The van der Waals surface area contributed by atoms with Crippen LogP contribution in [0.5, 0.6) is 23.0 Å². The number of halogens is 6. The summed E-state index contributed by atoms with van der Waals surface area (Å²) >= 11 is 0. The number of piperidine rings is 2. The van der Waals surface area contributed by atoms with Crippen LogP contribution < -0.4 is 29.6 Å². The first-order chi connectivity index (χ1) is 28.6. The molecule has 0 aliphatic carbocycles. The summed E-state index contributed by atoms with van der Waals surface area (Å²) in [5.74, 6) is 3.44. The van der Waals surface area contributed by atoms with E-state index in [9.17, 15) is 26.3 Å². The normalized spacial score (nSPS) is 20.6. The van der Waals surface area contributed by atoms with Crippen LogP contribution in [-0.2, 0) is 12.4 Å². The fraction of sp³-hybridized carbons (Fsp3) is 0.524. The Morgan fingerprint density at radius 2 is 1.07 bits per heavy atom. The van der Waals surface area contributed by atoms with Crippen LogP contribution >= 0.6 is 0 Å². The van der Waals surface area contributed by atoms with Gasteiger partial charge in [-0.2, -0.15) is 26.3 Å². The molecule has 8 rings (SSSR count). The van der Waals surface area contributed by atoms with Crippen molar-refractivity contribution >= 4 is 11.6 Å². The van der Waals surface area contributed by atoms with Crippen LogP contribution in [0.3, 0.4) is 0 Å². The average Bonchev–Trinajstić information content (AvgIpc) is 3.22. The molecule has 2 saturated heterocycles. The number of aryl methyl sites for hydroxylation is 2. The van der Waals surface area contributed by atoms with Crippen LogP contribution in [0, 0.1) is 13.8 Å². The summed E-state index contributed by atoms with van der Waals surface area (Å²) in [7, 11) is 0. The van der Waals surface area contributed by atoms with Gasteiger partial charge in [-0.05, 0) is 89.7 Å². The first kappa shape index (κ1) is 43.0. The number of pyridine rings is 4. The predicted molar refractivity (Wildman–Crippen MR) is 212 cm³/mol. The molecule has 12 nitrogen and oxygen atoms in total. The van der Waals surface area contributed by atoms with Gasteiger partial charge in [-0.15, -0.1) is 0 Å². The van der Waals surface area contributed by atoms with Crippen LogP contribution in [0.2, 0.25) is 0 Å². The molecular weight excluding hydrogens is 795 g/mol. The van der Waals surface area contributed by atoms with Gasteiger partial charge in [-0.25, -0.2) is 19.9 Å². The molecule has 4 aromatic heterocycles. The SMILES string of the molecule is Cc1cc(OC2CCCN(C(C)c3cnc4c(c3)OCCN4)C2)cc(C(F)(F)F)n1.Cc1cc(O[C@@H]2CCCN([C@@H](C)c3cnc4c(c3)OCCN4)C2)cc(C(F)(F)F)n1. The van der Waals surface area contributed by atoms with Crippen LogP contribution in [-0.4, -0.2) is 94.4 Å². The monoisotopic (exact) mass is 844 g/mol. The largest absolute Gasteiger partial charge is 0.489 e. The summed E-state index contributed by atoms with van der Waals surface area (Å²) in [6.45, 7) is 13.0. The van der Waals surface area contributed by atoms with Crippen LogP contribution in [0.1, 0.15) is 85.5 Å². The van der Waals surface area contributed by atoms with Crippen LogP contribution in [0.15, 0.2) is 48.8 Å². The minimum Gasteiger partial charge on any atom is -0.489 e. The second-order valence-corrected chi connectivity index (χ2v) is 15.5. The molecule has 4 aromatic rings. The van der Waals surface area contributed by atoms with Crippen molar-refractivity contribution < 1.29 is 45.3 Å². The number of likely N-dealkylation sites (tertiary alicyclic amines) is 2. The lowest BCUT2D eigenvalue weighted by Gasteiger charge is -2.37. The van der Waals surface area contributed by atoms with Gasteiger partial charge in [0.1, 0.15) is 48.3 Å². The third kappa shape index (κ3) is 10.8. The fourth-order valence-electron chi connectivity index (χ4n) is 7.86. The quantitative estimate of drug-likeness (QED) is 0.166. The van der Waals surface area contributed by atoms with E-state index in [4.69, 9.17) is 18.9 Å². The average molecular weight is 845 g/mol. The highest BCUT2D eigenvalue weighted by atomic mass is 19.4. The van der Waals surface area contributed by atoms with Crippen molar-refractivity contribution in [3.05, 3.63) is 82.7 Å². The molecule has 0 bridgehead atoms. The van der Waals surface area contributed by atoms with Crippen LogP contribution in [0.4, 0.5) is 38.0 Å². The Hall–Kier alpha value is -5.10.